The van der Waals surface area contributed by atoms with Crippen LogP contribution in [0.4, 0.5) is 0 Å². The van der Waals surface area contributed by atoms with Crippen molar-refractivity contribution in [1.29, 1.82) is 0 Å². The molecular weight excluding hydrogens is 486 g/mol. The van der Waals surface area contributed by atoms with Gasteiger partial charge in [-0.15, -0.1) is 0 Å². The molecule has 1 aromatic heterocycles. The number of phenolic OH excluding ortho intramolecular Hbond substituents is 1. The van der Waals surface area contributed by atoms with E-state index < -0.39 is 11.9 Å². The molecule has 9 heteroatoms. The first-order valence-corrected chi connectivity index (χ1v) is 11.7. The van der Waals surface area contributed by atoms with E-state index in [1.807, 2.05) is 24.3 Å². The first-order valence-electron chi connectivity index (χ1n) is 11.7. The van der Waals surface area contributed by atoms with E-state index in [1.165, 1.54) is 18.3 Å². The van der Waals surface area contributed by atoms with Gasteiger partial charge in [-0.25, -0.2) is 9.78 Å². The molecular formula is C29H25N3O6. The summed E-state index contributed by atoms with van der Waals surface area (Å²) in [5.74, 6) is -1.21. The highest BCUT2D eigenvalue weighted by Crippen LogP contribution is 2.24. The van der Waals surface area contributed by atoms with Crippen LogP contribution in [0.25, 0.3) is 0 Å². The van der Waals surface area contributed by atoms with E-state index in [0.29, 0.717) is 6.54 Å². The average Bonchev–Trinajstić information content (AvgIpc) is 2.91. The Labute approximate surface area is 218 Å². The number of amides is 2. The van der Waals surface area contributed by atoms with Crippen molar-refractivity contribution in [3.63, 3.8) is 0 Å². The van der Waals surface area contributed by atoms with Gasteiger partial charge in [-0.1, -0.05) is 42.5 Å². The summed E-state index contributed by atoms with van der Waals surface area (Å²) in [4.78, 5) is 40.3. The molecule has 0 aliphatic rings. The van der Waals surface area contributed by atoms with Crippen LogP contribution in [0.15, 0.2) is 91.1 Å². The topological polar surface area (TPSA) is 138 Å². The molecule has 0 bridgehead atoms. The van der Waals surface area contributed by atoms with Gasteiger partial charge in [0.05, 0.1) is 12.0 Å². The number of nitrogens with zero attached hydrogens (tertiary/aromatic N) is 1. The van der Waals surface area contributed by atoms with Crippen molar-refractivity contribution in [3.8, 4) is 17.4 Å². The van der Waals surface area contributed by atoms with Crippen molar-refractivity contribution in [3.05, 3.63) is 119 Å². The number of carbonyl (C=O) groups is 3. The normalized spacial score (nSPS) is 10.4. The molecule has 0 spiro atoms. The van der Waals surface area contributed by atoms with Crippen molar-refractivity contribution >= 4 is 17.8 Å². The minimum atomic E-state index is -1.09. The van der Waals surface area contributed by atoms with Crippen molar-refractivity contribution in [2.24, 2.45) is 0 Å². The van der Waals surface area contributed by atoms with Gasteiger partial charge in [-0.2, -0.15) is 0 Å². The number of benzene rings is 3. The molecule has 0 aliphatic heterocycles. The molecule has 4 aromatic rings. The molecule has 4 N–H and O–H groups in total. The number of carboxylic acid groups (broad SMARTS) is 1. The molecule has 0 saturated heterocycles. The smallest absolute Gasteiger partial charge is 0.335 e. The Morgan fingerprint density at radius 2 is 1.50 bits per heavy atom. The van der Waals surface area contributed by atoms with E-state index in [2.05, 4.69) is 15.6 Å². The van der Waals surface area contributed by atoms with E-state index in [4.69, 9.17) is 9.84 Å². The monoisotopic (exact) mass is 511 g/mol. The number of hydrogen-bond acceptors (Lipinski definition) is 6. The Bertz CT molecular complexity index is 1450. The van der Waals surface area contributed by atoms with E-state index in [0.717, 1.165) is 16.7 Å². The minimum absolute atomic E-state index is 0.0592. The number of nitrogens with one attached hydrogen (secondary N) is 2. The third kappa shape index (κ3) is 7.17. The lowest BCUT2D eigenvalue weighted by Gasteiger charge is -2.11. The summed E-state index contributed by atoms with van der Waals surface area (Å²) < 4.78 is 5.70. The van der Waals surface area contributed by atoms with Gasteiger partial charge < -0.3 is 25.6 Å². The Morgan fingerprint density at radius 1 is 0.789 bits per heavy atom. The van der Waals surface area contributed by atoms with Gasteiger partial charge in [0, 0.05) is 19.3 Å². The van der Waals surface area contributed by atoms with Gasteiger partial charge in [0.25, 0.3) is 5.91 Å². The number of pyridine rings is 1. The Balaban J connectivity index is 1.30. The molecule has 38 heavy (non-hydrogen) atoms. The summed E-state index contributed by atoms with van der Waals surface area (Å²) in [6, 6.07) is 23.1. The second-order valence-corrected chi connectivity index (χ2v) is 8.41. The van der Waals surface area contributed by atoms with Gasteiger partial charge in [0.2, 0.25) is 11.8 Å². The largest absolute Gasteiger partial charge is 0.508 e. The van der Waals surface area contributed by atoms with E-state index in [-0.39, 0.29) is 47.4 Å². The van der Waals surface area contributed by atoms with Crippen LogP contribution in [0.1, 0.15) is 37.4 Å². The average molecular weight is 512 g/mol. The lowest BCUT2D eigenvalue weighted by atomic mass is 10.1. The van der Waals surface area contributed by atoms with Crippen LogP contribution >= 0.6 is 0 Å². The summed E-state index contributed by atoms with van der Waals surface area (Å²) in [7, 11) is 0. The molecule has 0 aliphatic carbocycles. The predicted octanol–water partition coefficient (Wildman–Crippen LogP) is 4.07. The molecule has 0 unspecified atom stereocenters. The van der Waals surface area contributed by atoms with Gasteiger partial charge in [0.1, 0.15) is 17.1 Å². The summed E-state index contributed by atoms with van der Waals surface area (Å²) in [5, 5.41) is 24.4. The number of ether oxygens (including phenoxy) is 1. The number of hydrogen-bond donors (Lipinski definition) is 4. The number of phenols is 1. The highest BCUT2D eigenvalue weighted by molar-refractivity contribution is 5.96. The predicted molar refractivity (Wildman–Crippen MR) is 139 cm³/mol. The summed E-state index contributed by atoms with van der Waals surface area (Å²) >= 11 is 0. The minimum Gasteiger partial charge on any atom is -0.508 e. The fraction of sp³-hybridized carbons (Fsp3) is 0.103. The first kappa shape index (κ1) is 25.9. The summed E-state index contributed by atoms with van der Waals surface area (Å²) in [6.45, 7) is 0.607. The lowest BCUT2D eigenvalue weighted by Crippen LogP contribution is -2.25. The number of aromatic carboxylic acids is 1. The molecule has 192 valence electrons. The molecule has 4 rings (SSSR count). The maximum absolute atomic E-state index is 12.8. The molecule has 2 amide bonds. The van der Waals surface area contributed by atoms with Gasteiger partial charge >= 0.3 is 5.97 Å². The zero-order chi connectivity index (χ0) is 26.9. The SMILES string of the molecule is O=C(Cc1cccc(O)c1)NCc1ccc(CNC(=O)c2cccnc2Oc2cccc(C(=O)O)c2)cc1. The van der Waals surface area contributed by atoms with Crippen molar-refractivity contribution in [1.82, 2.24) is 15.6 Å². The summed E-state index contributed by atoms with van der Waals surface area (Å²) in [5.41, 5.74) is 2.75. The number of aromatic hydroxyl groups is 1. The Kier molecular flexibility index (Phi) is 8.30. The van der Waals surface area contributed by atoms with Gasteiger partial charge in [0.15, 0.2) is 0 Å². The van der Waals surface area contributed by atoms with Crippen molar-refractivity contribution in [2.45, 2.75) is 19.5 Å². The molecule has 0 saturated carbocycles. The molecule has 0 radical (unpaired) electrons. The van der Waals surface area contributed by atoms with E-state index in [1.54, 1.807) is 48.5 Å². The quantitative estimate of drug-likeness (QED) is 0.252. The second-order valence-electron chi connectivity index (χ2n) is 8.41. The fourth-order valence-electron chi connectivity index (χ4n) is 3.62. The fourth-order valence-corrected chi connectivity index (χ4v) is 3.62. The Hall–Kier alpha value is -5.18. The highest BCUT2D eigenvalue weighted by Gasteiger charge is 2.15. The zero-order valence-electron chi connectivity index (χ0n) is 20.3. The van der Waals surface area contributed by atoms with E-state index in [9.17, 15) is 19.5 Å². The van der Waals surface area contributed by atoms with Crippen LogP contribution in [0.2, 0.25) is 0 Å². The van der Waals surface area contributed by atoms with Crippen LogP contribution in [0.5, 0.6) is 17.4 Å². The van der Waals surface area contributed by atoms with Gasteiger partial charge in [-0.3, -0.25) is 9.59 Å². The molecule has 9 nitrogen and oxygen atoms in total. The van der Waals surface area contributed by atoms with Crippen LogP contribution < -0.4 is 15.4 Å². The van der Waals surface area contributed by atoms with Crippen LogP contribution in [0.3, 0.4) is 0 Å². The van der Waals surface area contributed by atoms with Gasteiger partial charge in [-0.05, 0) is 59.2 Å². The second kappa shape index (κ2) is 12.2. The van der Waals surface area contributed by atoms with E-state index >= 15 is 0 Å². The third-order valence-electron chi connectivity index (χ3n) is 5.55. The van der Waals surface area contributed by atoms with Crippen LogP contribution in [-0.4, -0.2) is 33.0 Å². The molecule has 0 atom stereocenters. The number of rotatable bonds is 10. The molecule has 1 heterocycles. The molecule has 3 aromatic carbocycles. The zero-order valence-corrected chi connectivity index (χ0v) is 20.3. The van der Waals surface area contributed by atoms with Crippen LogP contribution in [-0.2, 0) is 24.3 Å². The van der Waals surface area contributed by atoms with Crippen LogP contribution in [0, 0.1) is 0 Å². The maximum Gasteiger partial charge on any atom is 0.335 e. The van der Waals surface area contributed by atoms with Crippen molar-refractivity contribution in [2.75, 3.05) is 0 Å². The maximum atomic E-state index is 12.8. The highest BCUT2D eigenvalue weighted by atomic mass is 16.5. The lowest BCUT2D eigenvalue weighted by molar-refractivity contribution is -0.120. The third-order valence-corrected chi connectivity index (χ3v) is 5.55. The number of carbonyl (C=O) groups excluding carboxylic acids is 2. The van der Waals surface area contributed by atoms with Crippen molar-refractivity contribution < 1.29 is 29.3 Å². The first-order chi connectivity index (χ1) is 18.4. The summed E-state index contributed by atoms with van der Waals surface area (Å²) in [6.07, 6.45) is 1.65. The number of carboxylic acids is 1. The molecule has 0 fully saturated rings. The standard InChI is InChI=1S/C29H25N3O6/c33-23-6-1-4-21(14-23)15-26(34)31-17-19-9-11-20(12-10-19)18-32-27(35)25-8-3-13-30-28(25)38-24-7-2-5-22(16-24)29(36)37/h1-14,16,33H,15,17-18H2,(H,31,34)(H,32,35)(H,36,37). The Morgan fingerprint density at radius 3 is 2.21 bits per heavy atom. The number of aromatic nitrogens is 1.